The van der Waals surface area contributed by atoms with E-state index >= 15 is 0 Å². The lowest BCUT2D eigenvalue weighted by atomic mass is 9.94. The highest BCUT2D eigenvalue weighted by Crippen LogP contribution is 2.39. The van der Waals surface area contributed by atoms with Crippen LogP contribution in [-0.2, 0) is 24.3 Å². The molecule has 0 bridgehead atoms. The summed E-state index contributed by atoms with van der Waals surface area (Å²) in [4.78, 5) is 13.7. The van der Waals surface area contributed by atoms with Crippen molar-refractivity contribution in [2.45, 2.75) is 45.9 Å². The molecule has 146 valence electrons. The molecule has 1 aliphatic rings. The molecular weight excluding hydrogens is 366 g/mol. The van der Waals surface area contributed by atoms with E-state index in [0.717, 1.165) is 28.1 Å². The first-order valence-electron chi connectivity index (χ1n) is 9.16. The van der Waals surface area contributed by atoms with Gasteiger partial charge in [-0.2, -0.15) is 4.52 Å². The molecule has 2 N–H and O–H groups in total. The lowest BCUT2D eigenvalue weighted by Gasteiger charge is -2.30. The molecular formula is C18H25N5O3S. The second kappa shape index (κ2) is 7.06. The van der Waals surface area contributed by atoms with E-state index in [1.807, 2.05) is 16.3 Å². The lowest BCUT2D eigenvalue weighted by Crippen LogP contribution is -2.31. The van der Waals surface area contributed by atoms with Gasteiger partial charge in [0, 0.05) is 24.4 Å². The first kappa shape index (κ1) is 18.7. The van der Waals surface area contributed by atoms with Gasteiger partial charge in [0.2, 0.25) is 0 Å². The zero-order chi connectivity index (χ0) is 19.2. The average molecular weight is 391 g/mol. The molecule has 0 spiro atoms. The van der Waals surface area contributed by atoms with Crippen LogP contribution < -0.4 is 0 Å². The molecule has 4 rings (SSSR count). The number of aliphatic hydroxyl groups is 2. The third kappa shape index (κ3) is 3.45. The SMILES string of the molecule is Cc1nc2sc3c(c2c2nc(CN(CCO)CCO)nn12)CC(C)(C)OC3. The van der Waals surface area contributed by atoms with Crippen LogP contribution >= 0.6 is 11.3 Å². The van der Waals surface area contributed by atoms with Crippen LogP contribution in [0.4, 0.5) is 0 Å². The van der Waals surface area contributed by atoms with E-state index < -0.39 is 0 Å². The van der Waals surface area contributed by atoms with Crippen molar-refractivity contribution in [3.8, 4) is 0 Å². The second-order valence-electron chi connectivity index (χ2n) is 7.55. The third-order valence-corrected chi connectivity index (χ3v) is 6.01. The predicted molar refractivity (Wildman–Crippen MR) is 103 cm³/mol. The number of hydrogen-bond acceptors (Lipinski definition) is 8. The number of thiophene rings is 1. The van der Waals surface area contributed by atoms with Crippen LogP contribution in [-0.4, -0.2) is 66.6 Å². The van der Waals surface area contributed by atoms with Crippen molar-refractivity contribution in [3.63, 3.8) is 0 Å². The highest BCUT2D eigenvalue weighted by molar-refractivity contribution is 7.19. The van der Waals surface area contributed by atoms with Crippen molar-refractivity contribution in [1.82, 2.24) is 24.5 Å². The van der Waals surface area contributed by atoms with Gasteiger partial charge in [-0.15, -0.1) is 16.4 Å². The number of aliphatic hydroxyl groups excluding tert-OH is 2. The van der Waals surface area contributed by atoms with Crippen LogP contribution in [0.1, 0.15) is 35.9 Å². The van der Waals surface area contributed by atoms with Crippen molar-refractivity contribution in [3.05, 3.63) is 22.1 Å². The van der Waals surface area contributed by atoms with E-state index in [1.165, 1.54) is 10.4 Å². The molecule has 0 radical (unpaired) electrons. The summed E-state index contributed by atoms with van der Waals surface area (Å²) in [5.74, 6) is 1.46. The molecule has 0 amide bonds. The van der Waals surface area contributed by atoms with Crippen molar-refractivity contribution in [2.75, 3.05) is 26.3 Å². The minimum atomic E-state index is -0.204. The van der Waals surface area contributed by atoms with Gasteiger partial charge in [0.15, 0.2) is 11.5 Å². The number of ether oxygens (including phenoxy) is 1. The van der Waals surface area contributed by atoms with E-state index in [2.05, 4.69) is 18.9 Å². The van der Waals surface area contributed by atoms with Crippen molar-refractivity contribution >= 4 is 27.2 Å². The Hall–Kier alpha value is -1.65. The normalized spacial score (nSPS) is 16.5. The molecule has 3 aromatic heterocycles. The summed E-state index contributed by atoms with van der Waals surface area (Å²) in [7, 11) is 0. The number of aryl methyl sites for hydroxylation is 1. The Morgan fingerprint density at radius 3 is 2.67 bits per heavy atom. The molecule has 1 aliphatic heterocycles. The highest BCUT2D eigenvalue weighted by Gasteiger charge is 2.31. The zero-order valence-corrected chi connectivity index (χ0v) is 16.7. The zero-order valence-electron chi connectivity index (χ0n) is 15.9. The summed E-state index contributed by atoms with van der Waals surface area (Å²) >= 11 is 1.68. The van der Waals surface area contributed by atoms with Gasteiger partial charge in [-0.1, -0.05) is 0 Å². The van der Waals surface area contributed by atoms with E-state index in [-0.39, 0.29) is 18.8 Å². The average Bonchev–Trinajstić information content (AvgIpc) is 3.15. The maximum atomic E-state index is 9.23. The van der Waals surface area contributed by atoms with Crippen LogP contribution in [0.15, 0.2) is 0 Å². The summed E-state index contributed by atoms with van der Waals surface area (Å²) in [5.41, 5.74) is 1.89. The van der Waals surface area contributed by atoms with E-state index in [1.54, 1.807) is 11.3 Å². The fourth-order valence-electron chi connectivity index (χ4n) is 3.60. The van der Waals surface area contributed by atoms with Crippen LogP contribution in [0.25, 0.3) is 15.9 Å². The Balaban J connectivity index is 1.81. The minimum absolute atomic E-state index is 0.0331. The minimum Gasteiger partial charge on any atom is -0.395 e. The molecule has 0 fully saturated rings. The quantitative estimate of drug-likeness (QED) is 0.653. The van der Waals surface area contributed by atoms with Crippen molar-refractivity contribution < 1.29 is 14.9 Å². The largest absolute Gasteiger partial charge is 0.395 e. The summed E-state index contributed by atoms with van der Waals surface area (Å²) in [6, 6.07) is 0. The smallest absolute Gasteiger partial charge is 0.168 e. The van der Waals surface area contributed by atoms with Crippen LogP contribution in [0.2, 0.25) is 0 Å². The summed E-state index contributed by atoms with van der Waals surface area (Å²) in [5, 5.41) is 24.2. The van der Waals surface area contributed by atoms with E-state index in [0.29, 0.717) is 32.1 Å². The Morgan fingerprint density at radius 2 is 1.96 bits per heavy atom. The Labute approximate surface area is 161 Å². The first-order valence-corrected chi connectivity index (χ1v) is 9.98. The monoisotopic (exact) mass is 391 g/mol. The maximum absolute atomic E-state index is 9.23. The number of nitrogens with zero attached hydrogens (tertiary/aromatic N) is 5. The molecule has 27 heavy (non-hydrogen) atoms. The number of hydrogen-bond donors (Lipinski definition) is 2. The van der Waals surface area contributed by atoms with E-state index in [9.17, 15) is 10.2 Å². The molecule has 0 atom stereocenters. The van der Waals surface area contributed by atoms with Gasteiger partial charge in [0.05, 0.1) is 37.4 Å². The molecule has 0 saturated heterocycles. The summed E-state index contributed by atoms with van der Waals surface area (Å²) in [6.07, 6.45) is 0.825. The molecule has 8 nitrogen and oxygen atoms in total. The predicted octanol–water partition coefficient (Wildman–Crippen LogP) is 1.29. The fraction of sp³-hybridized carbons (Fsp3) is 0.611. The summed E-state index contributed by atoms with van der Waals surface area (Å²) in [6.45, 7) is 8.25. The molecule has 3 aromatic rings. The van der Waals surface area contributed by atoms with Crippen LogP contribution in [0.5, 0.6) is 0 Å². The van der Waals surface area contributed by atoms with Gasteiger partial charge in [0.25, 0.3) is 0 Å². The van der Waals surface area contributed by atoms with Gasteiger partial charge >= 0.3 is 0 Å². The standard InChI is InChI=1S/C18H25N5O3S/c1-11-19-17-15(12-8-18(2,3)26-10-13(12)27-17)16-20-14(21-23(11)16)9-22(4-6-24)5-7-25/h24-25H,4-10H2,1-3H3. The lowest BCUT2D eigenvalue weighted by molar-refractivity contribution is -0.0379. The molecule has 0 aromatic carbocycles. The Kier molecular flexibility index (Phi) is 4.89. The third-order valence-electron chi connectivity index (χ3n) is 4.91. The number of aromatic nitrogens is 4. The van der Waals surface area contributed by atoms with Crippen LogP contribution in [0, 0.1) is 6.92 Å². The van der Waals surface area contributed by atoms with E-state index in [4.69, 9.17) is 14.7 Å². The maximum Gasteiger partial charge on any atom is 0.168 e. The highest BCUT2D eigenvalue weighted by atomic mass is 32.1. The van der Waals surface area contributed by atoms with Gasteiger partial charge in [-0.25, -0.2) is 9.97 Å². The first-order chi connectivity index (χ1) is 12.9. The topological polar surface area (TPSA) is 96.0 Å². The van der Waals surface area contributed by atoms with Gasteiger partial charge in [0.1, 0.15) is 10.7 Å². The van der Waals surface area contributed by atoms with Gasteiger partial charge < -0.3 is 14.9 Å². The molecule has 0 saturated carbocycles. The fourth-order valence-corrected chi connectivity index (χ4v) is 4.75. The molecule has 0 unspecified atom stereocenters. The Bertz CT molecular complexity index is 975. The van der Waals surface area contributed by atoms with Gasteiger partial charge in [-0.3, -0.25) is 4.90 Å². The van der Waals surface area contributed by atoms with Crippen molar-refractivity contribution in [2.24, 2.45) is 0 Å². The second-order valence-corrected chi connectivity index (χ2v) is 8.64. The Morgan fingerprint density at radius 1 is 1.22 bits per heavy atom. The number of rotatable bonds is 6. The summed E-state index contributed by atoms with van der Waals surface area (Å²) < 4.78 is 7.77. The van der Waals surface area contributed by atoms with Crippen LogP contribution in [0.3, 0.4) is 0 Å². The molecule has 0 aliphatic carbocycles. The van der Waals surface area contributed by atoms with Crippen molar-refractivity contribution in [1.29, 1.82) is 0 Å². The van der Waals surface area contributed by atoms with Gasteiger partial charge in [-0.05, 0) is 26.3 Å². The molecule has 4 heterocycles. The number of fused-ring (bicyclic) bond motifs is 5. The molecule has 9 heteroatoms.